The van der Waals surface area contributed by atoms with E-state index in [1.54, 1.807) is 13.0 Å². The normalized spacial score (nSPS) is 16.2. The third kappa shape index (κ3) is 2.81. The number of benzene rings is 1. The molecule has 0 radical (unpaired) electrons. The van der Waals surface area contributed by atoms with Crippen LogP contribution in [0.2, 0.25) is 0 Å². The highest BCUT2D eigenvalue weighted by Gasteiger charge is 2.31. The fourth-order valence-electron chi connectivity index (χ4n) is 3.00. The predicted molar refractivity (Wildman–Crippen MR) is 83.6 cm³/mol. The second-order valence-electron chi connectivity index (χ2n) is 5.48. The van der Waals surface area contributed by atoms with E-state index >= 15 is 0 Å². The Bertz CT molecular complexity index is 782. The van der Waals surface area contributed by atoms with Crippen molar-refractivity contribution in [3.63, 3.8) is 0 Å². The molecule has 0 aliphatic carbocycles. The molecule has 0 spiro atoms. The molecule has 7 heteroatoms. The van der Waals surface area contributed by atoms with Crippen molar-refractivity contribution in [3.8, 4) is 0 Å². The van der Waals surface area contributed by atoms with E-state index in [1.807, 2.05) is 11.8 Å². The number of nitrogens with zero attached hydrogens (tertiary/aromatic N) is 3. The van der Waals surface area contributed by atoms with Gasteiger partial charge in [0.2, 0.25) is 5.82 Å². The lowest BCUT2D eigenvalue weighted by atomic mass is 10.0. The van der Waals surface area contributed by atoms with Crippen LogP contribution in [0.4, 0.5) is 14.6 Å². The third-order valence-corrected chi connectivity index (χ3v) is 4.04. The predicted octanol–water partition coefficient (Wildman–Crippen LogP) is 3.40. The molecule has 2 aromatic rings. The van der Waals surface area contributed by atoms with Crippen LogP contribution in [0.25, 0.3) is 0 Å². The van der Waals surface area contributed by atoms with Crippen LogP contribution in [-0.4, -0.2) is 22.5 Å². The highest BCUT2D eigenvalue weighted by atomic mass is 19.2. The van der Waals surface area contributed by atoms with Crippen molar-refractivity contribution in [1.82, 2.24) is 9.97 Å². The van der Waals surface area contributed by atoms with Crippen LogP contribution in [0.5, 0.6) is 0 Å². The summed E-state index contributed by atoms with van der Waals surface area (Å²) >= 11 is 0. The first-order valence-electron chi connectivity index (χ1n) is 7.79. The van der Waals surface area contributed by atoms with Gasteiger partial charge in [-0.05, 0) is 42.7 Å². The van der Waals surface area contributed by atoms with E-state index in [0.29, 0.717) is 18.8 Å². The molecular weight excluding hydrogens is 316 g/mol. The van der Waals surface area contributed by atoms with Gasteiger partial charge in [0.25, 0.3) is 0 Å². The summed E-state index contributed by atoms with van der Waals surface area (Å²) in [5.41, 5.74) is 1.46. The van der Waals surface area contributed by atoms with Crippen LogP contribution >= 0.6 is 0 Å². The number of halogens is 2. The molecule has 0 saturated carbocycles. The third-order valence-electron chi connectivity index (χ3n) is 4.04. The zero-order valence-corrected chi connectivity index (χ0v) is 13.4. The smallest absolute Gasteiger partial charge is 0.376 e. The lowest BCUT2D eigenvalue weighted by molar-refractivity contribution is 0.0512. The number of aromatic nitrogens is 2. The average molecular weight is 333 g/mol. The van der Waals surface area contributed by atoms with E-state index in [-0.39, 0.29) is 18.5 Å². The Kier molecular flexibility index (Phi) is 4.42. The number of carbonyl (C=O) groups is 1. The second-order valence-corrected chi connectivity index (χ2v) is 5.48. The molecule has 126 valence electrons. The molecule has 0 amide bonds. The van der Waals surface area contributed by atoms with Gasteiger partial charge in [-0.25, -0.2) is 23.5 Å². The summed E-state index contributed by atoms with van der Waals surface area (Å²) in [7, 11) is 0. The zero-order chi connectivity index (χ0) is 17.3. The molecule has 1 unspecified atom stereocenters. The van der Waals surface area contributed by atoms with Gasteiger partial charge in [0.1, 0.15) is 5.82 Å². The first kappa shape index (κ1) is 16.3. The number of fused-ring (bicyclic) bond motifs is 1. The van der Waals surface area contributed by atoms with Crippen LogP contribution in [0.15, 0.2) is 24.4 Å². The minimum absolute atomic E-state index is 0.0301. The first-order chi connectivity index (χ1) is 11.5. The van der Waals surface area contributed by atoms with Crippen LogP contribution in [-0.2, 0) is 11.3 Å². The van der Waals surface area contributed by atoms with E-state index in [4.69, 9.17) is 4.74 Å². The van der Waals surface area contributed by atoms with Crippen molar-refractivity contribution in [1.29, 1.82) is 0 Å². The van der Waals surface area contributed by atoms with E-state index in [0.717, 1.165) is 11.1 Å². The topological polar surface area (TPSA) is 55.3 Å². The van der Waals surface area contributed by atoms with E-state index in [2.05, 4.69) is 9.97 Å². The van der Waals surface area contributed by atoms with Crippen molar-refractivity contribution in [2.45, 2.75) is 32.9 Å². The van der Waals surface area contributed by atoms with Gasteiger partial charge in [-0.3, -0.25) is 0 Å². The van der Waals surface area contributed by atoms with Crippen molar-refractivity contribution >= 4 is 11.8 Å². The van der Waals surface area contributed by atoms with Gasteiger partial charge in [0, 0.05) is 12.7 Å². The largest absolute Gasteiger partial charge is 0.460 e. The second kappa shape index (κ2) is 6.51. The summed E-state index contributed by atoms with van der Waals surface area (Å²) < 4.78 is 32.0. The van der Waals surface area contributed by atoms with Gasteiger partial charge in [-0.2, -0.15) is 0 Å². The number of hydrogen-bond donors (Lipinski definition) is 0. The quantitative estimate of drug-likeness (QED) is 0.803. The summed E-state index contributed by atoms with van der Waals surface area (Å²) in [5, 5.41) is 0. The number of anilines is 1. The molecule has 1 aromatic heterocycles. The van der Waals surface area contributed by atoms with Crippen molar-refractivity contribution < 1.29 is 18.3 Å². The molecule has 24 heavy (non-hydrogen) atoms. The molecule has 0 N–H and O–H groups in total. The Morgan fingerprint density at radius 2 is 2.08 bits per heavy atom. The molecule has 3 rings (SSSR count). The number of ether oxygens (including phenoxy) is 1. The van der Waals surface area contributed by atoms with E-state index in [1.165, 1.54) is 18.3 Å². The van der Waals surface area contributed by atoms with E-state index in [9.17, 15) is 13.6 Å². The minimum atomic E-state index is -0.861. The Morgan fingerprint density at radius 3 is 2.79 bits per heavy atom. The maximum absolute atomic E-state index is 13.6. The molecule has 0 bridgehead atoms. The van der Waals surface area contributed by atoms with Gasteiger partial charge in [-0.1, -0.05) is 6.92 Å². The summed E-state index contributed by atoms with van der Waals surface area (Å²) in [4.78, 5) is 21.9. The first-order valence-corrected chi connectivity index (χ1v) is 7.79. The molecule has 5 nitrogen and oxygen atoms in total. The van der Waals surface area contributed by atoms with Crippen LogP contribution in [0, 0.1) is 11.6 Å². The highest BCUT2D eigenvalue weighted by molar-refractivity contribution is 5.85. The Morgan fingerprint density at radius 1 is 1.33 bits per heavy atom. The lowest BCUT2D eigenvalue weighted by Gasteiger charge is -2.25. The summed E-state index contributed by atoms with van der Waals surface area (Å²) in [6.07, 6.45) is 2.17. The van der Waals surface area contributed by atoms with Crippen LogP contribution in [0.1, 0.15) is 48.1 Å². The minimum Gasteiger partial charge on any atom is -0.460 e. The summed E-state index contributed by atoms with van der Waals surface area (Å²) in [6.45, 7) is 4.29. The highest BCUT2D eigenvalue weighted by Crippen LogP contribution is 2.39. The molecule has 1 aliphatic rings. The number of carbonyl (C=O) groups excluding carboxylic acids is 1. The maximum atomic E-state index is 13.6. The lowest BCUT2D eigenvalue weighted by Crippen LogP contribution is -2.23. The van der Waals surface area contributed by atoms with Gasteiger partial charge in [0.05, 0.1) is 12.6 Å². The van der Waals surface area contributed by atoms with Gasteiger partial charge in [0.15, 0.2) is 11.6 Å². The molecule has 1 atom stereocenters. The standard InChI is InChI=1S/C17H17F2N3O2/c1-3-14-11-8-13(19)12(18)7-10(11)9-22(14)15-5-6-20-16(21-15)17(23)24-4-2/h5-8,14H,3-4,9H2,1-2H3. The summed E-state index contributed by atoms with van der Waals surface area (Å²) in [5.74, 6) is -1.82. The molecular formula is C17H17F2N3O2. The molecule has 0 saturated heterocycles. The monoisotopic (exact) mass is 333 g/mol. The number of esters is 1. The van der Waals surface area contributed by atoms with Crippen LogP contribution in [0.3, 0.4) is 0 Å². The van der Waals surface area contributed by atoms with Crippen molar-refractivity contribution in [2.75, 3.05) is 11.5 Å². The molecule has 1 aliphatic heterocycles. The van der Waals surface area contributed by atoms with Gasteiger partial charge < -0.3 is 9.64 Å². The average Bonchev–Trinajstić information content (AvgIpc) is 2.93. The van der Waals surface area contributed by atoms with Crippen molar-refractivity contribution in [2.24, 2.45) is 0 Å². The Labute approximate surface area is 138 Å². The molecule has 2 heterocycles. The van der Waals surface area contributed by atoms with Gasteiger partial charge in [-0.15, -0.1) is 0 Å². The number of hydrogen-bond acceptors (Lipinski definition) is 5. The fraction of sp³-hybridized carbons (Fsp3) is 0.353. The zero-order valence-electron chi connectivity index (χ0n) is 13.4. The SMILES string of the molecule is CCOC(=O)c1nccc(N2Cc3cc(F)c(F)cc3C2CC)n1. The summed E-state index contributed by atoms with van der Waals surface area (Å²) in [6, 6.07) is 4.00. The van der Waals surface area contributed by atoms with Gasteiger partial charge >= 0.3 is 5.97 Å². The van der Waals surface area contributed by atoms with E-state index < -0.39 is 17.6 Å². The fourth-order valence-corrected chi connectivity index (χ4v) is 3.00. The number of rotatable bonds is 4. The Hall–Kier alpha value is -2.57. The Balaban J connectivity index is 1.96. The van der Waals surface area contributed by atoms with Crippen molar-refractivity contribution in [3.05, 3.63) is 53.0 Å². The molecule has 1 aromatic carbocycles. The van der Waals surface area contributed by atoms with Crippen LogP contribution < -0.4 is 4.90 Å². The maximum Gasteiger partial charge on any atom is 0.376 e. The molecule has 0 fully saturated rings.